The van der Waals surface area contributed by atoms with E-state index in [1.807, 2.05) is 13.8 Å². The zero-order valence-electron chi connectivity index (χ0n) is 42.3. The molecule has 0 atom stereocenters. The van der Waals surface area contributed by atoms with Crippen LogP contribution in [0, 0.1) is 3.57 Å². The summed E-state index contributed by atoms with van der Waals surface area (Å²) in [6.45, 7) is 20.0. The summed E-state index contributed by atoms with van der Waals surface area (Å²) in [5.74, 6) is -0.193. The van der Waals surface area contributed by atoms with Gasteiger partial charge in [0.2, 0.25) is 0 Å². The van der Waals surface area contributed by atoms with Gasteiger partial charge >= 0.3 is 70.4 Å². The molecule has 3 aliphatic heterocycles. The van der Waals surface area contributed by atoms with Crippen LogP contribution < -0.4 is 56.8 Å². The standard InChI is InChI=1S/C23H29NO2.C17H26BNO2.C12H15IO2.3CH4.K.H/c1-2-26-23(25)7-5-6-19-8-12-21(13-9-19)22-14-10-20(11-15-22)18-24-16-3-4-17-24;1-16(2)17(3,4)21-18(20-16)15-9-7-14(8-10-15)13-19-11-5-6-12-19;1-2-15-12(14)5-3-4-10-6-8-11(13)9-7-10;;;;;/h8-15H,2-7,16-18H2,1H3;7-10H,5-6,11-13H2,1-4H3;6-9H,2-5H2,1H3;3*1H4;;/q;;;;;;+1;-1/i;;;1D;;;;1+1. The molecule has 7 rings (SSSR count). The summed E-state index contributed by atoms with van der Waals surface area (Å²) in [7, 11) is 0.996. The molecule has 3 fully saturated rings. The molecule has 4 aromatic carbocycles. The average molecular weight is 1050 g/mol. The van der Waals surface area contributed by atoms with Crippen LogP contribution in [0.2, 0.25) is 0 Å². The number of nitrogens with zero attached hydrogens (tertiary/aromatic N) is 2. The van der Waals surface area contributed by atoms with Crippen LogP contribution in [0.15, 0.2) is 97.1 Å². The van der Waals surface area contributed by atoms with Crippen LogP contribution in [-0.2, 0) is 54.3 Å². The smallest absolute Gasteiger partial charge is 1.00 e. The Morgan fingerprint density at radius 1 is 0.606 bits per heavy atom. The van der Waals surface area contributed by atoms with Gasteiger partial charge in [-0.1, -0.05) is 107 Å². The van der Waals surface area contributed by atoms with Crippen molar-refractivity contribution in [1.29, 1.82) is 0 Å². The van der Waals surface area contributed by atoms with E-state index < -0.39 is 0 Å². The van der Waals surface area contributed by atoms with Gasteiger partial charge in [-0.2, -0.15) is 0 Å². The number of likely N-dealkylation sites (tertiary alicyclic amines) is 2. The fourth-order valence-corrected chi connectivity index (χ4v) is 8.17. The topological polar surface area (TPSA) is 77.5 Å². The van der Waals surface area contributed by atoms with E-state index in [1.165, 1.54) is 96.2 Å². The SMILES string of the molecule is C.C.CC1(C)OB(c2ccc(CN3CCCC3)cc2)OC1(C)C.CCOC(=O)CCCc1ccc(-c2ccc(CN3CCCC3)cc2)cc1.CCOC(=O)CCCc1ccc(I)cc1.[2H-].[2H]C.[K+]. The first-order valence-corrected chi connectivity index (χ1v) is 24.0. The Balaban J connectivity index is 0.000000974. The van der Waals surface area contributed by atoms with E-state index in [2.05, 4.69) is 157 Å². The fraction of sp³-hybridized carbons (Fsp3) is 0.527. The Morgan fingerprint density at radius 2 is 0.939 bits per heavy atom. The second-order valence-electron chi connectivity index (χ2n) is 17.6. The van der Waals surface area contributed by atoms with Gasteiger partial charge in [0.1, 0.15) is 0 Å². The van der Waals surface area contributed by atoms with Gasteiger partial charge in [-0.25, -0.2) is 0 Å². The van der Waals surface area contributed by atoms with Crippen LogP contribution in [0.4, 0.5) is 0 Å². The zero-order valence-corrected chi connectivity index (χ0v) is 45.5. The summed E-state index contributed by atoms with van der Waals surface area (Å²) in [6, 6.07) is 34.7. The third-order valence-corrected chi connectivity index (χ3v) is 12.9. The Hall–Kier alpha value is -1.91. The maximum atomic E-state index is 11.4. The van der Waals surface area contributed by atoms with E-state index in [0.29, 0.717) is 26.1 Å². The zero-order chi connectivity index (χ0) is 46.4. The molecule has 3 heterocycles. The summed E-state index contributed by atoms with van der Waals surface area (Å²) in [5.41, 5.74) is 8.38. The number of hydrogen-bond donors (Lipinski definition) is 0. The third kappa shape index (κ3) is 21.0. The van der Waals surface area contributed by atoms with Crippen LogP contribution in [-0.4, -0.2) is 79.5 Å². The first-order valence-electron chi connectivity index (χ1n) is 24.0. The van der Waals surface area contributed by atoms with Crippen molar-refractivity contribution in [2.24, 2.45) is 0 Å². The van der Waals surface area contributed by atoms with E-state index >= 15 is 0 Å². The van der Waals surface area contributed by atoms with Gasteiger partial charge in [-0.15, -0.1) is 0 Å². The Bertz CT molecular complexity index is 1930. The molecule has 8 nitrogen and oxygen atoms in total. The van der Waals surface area contributed by atoms with Crippen LogP contribution in [0.1, 0.15) is 140 Å². The molecular formula is C55H83BIKN2O6. The van der Waals surface area contributed by atoms with E-state index in [9.17, 15) is 9.59 Å². The molecule has 0 saturated carbocycles. The molecule has 0 radical (unpaired) electrons. The molecule has 0 aliphatic carbocycles. The van der Waals surface area contributed by atoms with Crippen LogP contribution in [0.25, 0.3) is 11.1 Å². The fourth-order valence-electron chi connectivity index (χ4n) is 7.81. The second-order valence-corrected chi connectivity index (χ2v) is 18.9. The molecule has 0 bridgehead atoms. The number of benzene rings is 4. The Morgan fingerprint density at radius 3 is 1.30 bits per heavy atom. The van der Waals surface area contributed by atoms with Gasteiger partial charge in [-0.05, 0) is 193 Å². The van der Waals surface area contributed by atoms with E-state index in [-0.39, 0.29) is 97.9 Å². The van der Waals surface area contributed by atoms with Gasteiger partial charge in [0.05, 0.1) is 24.4 Å². The molecule has 4 aromatic rings. The molecule has 0 aromatic heterocycles. The largest absolute Gasteiger partial charge is 1.00 e. The summed E-state index contributed by atoms with van der Waals surface area (Å²) in [5, 5.41) is 0. The molecule has 0 unspecified atom stereocenters. The van der Waals surface area contributed by atoms with Crippen molar-refractivity contribution >= 4 is 47.1 Å². The number of carbonyl (C=O) groups is 2. The van der Waals surface area contributed by atoms with Crippen molar-refractivity contribution < 1.29 is 82.6 Å². The molecule has 3 saturated heterocycles. The number of carbonyl (C=O) groups excluding carboxylic acids is 2. The third-order valence-electron chi connectivity index (χ3n) is 12.2. The summed E-state index contributed by atoms with van der Waals surface area (Å²) in [4.78, 5) is 27.5. The molecule has 0 amide bonds. The minimum atomic E-state index is -0.272. The van der Waals surface area contributed by atoms with Gasteiger partial charge in [0.15, 0.2) is 0 Å². The summed E-state index contributed by atoms with van der Waals surface area (Å²) < 4.78 is 29.0. The van der Waals surface area contributed by atoms with Crippen LogP contribution >= 0.6 is 22.6 Å². The minimum absolute atomic E-state index is 0. The van der Waals surface area contributed by atoms with Gasteiger partial charge in [0.25, 0.3) is 0 Å². The molecule has 0 N–H and O–H groups in total. The van der Waals surface area contributed by atoms with Crippen molar-refractivity contribution in [1.82, 2.24) is 9.80 Å². The molecule has 66 heavy (non-hydrogen) atoms. The van der Waals surface area contributed by atoms with Gasteiger partial charge < -0.3 is 20.2 Å². The first kappa shape index (κ1) is 60.2. The summed E-state index contributed by atoms with van der Waals surface area (Å²) >= 11 is 2.28. The van der Waals surface area contributed by atoms with Crippen molar-refractivity contribution in [3.05, 3.63) is 123 Å². The Kier molecular flexibility index (Phi) is 29.3. The van der Waals surface area contributed by atoms with Crippen molar-refractivity contribution in [2.75, 3.05) is 39.4 Å². The number of ether oxygens (including phenoxy) is 2. The first-order chi connectivity index (χ1) is 30.8. The van der Waals surface area contributed by atoms with E-state index in [1.54, 1.807) is 0 Å². The predicted octanol–water partition coefficient (Wildman–Crippen LogP) is 9.62. The Labute approximate surface area is 460 Å². The second kappa shape index (κ2) is 32.1. The number of aryl methyl sites for hydroxylation is 2. The maximum absolute atomic E-state index is 11.4. The number of rotatable bonds is 16. The predicted molar refractivity (Wildman–Crippen MR) is 283 cm³/mol. The summed E-state index contributed by atoms with van der Waals surface area (Å²) in [6.07, 6.45) is 9.91. The molecule has 3 aliphatic rings. The molecule has 360 valence electrons. The van der Waals surface area contributed by atoms with E-state index in [4.69, 9.17) is 20.2 Å². The van der Waals surface area contributed by atoms with Gasteiger partial charge in [0, 0.05) is 30.9 Å². The number of hydrogen-bond acceptors (Lipinski definition) is 8. The maximum Gasteiger partial charge on any atom is 1.00 e. The molecule has 11 heteroatoms. The monoisotopic (exact) mass is 1050 g/mol. The van der Waals surface area contributed by atoms with Crippen LogP contribution in [0.3, 0.4) is 0 Å². The van der Waals surface area contributed by atoms with Crippen LogP contribution in [0.5, 0.6) is 0 Å². The average Bonchev–Trinajstić information content (AvgIpc) is 4.05. The molecular weight excluding hydrogens is 961 g/mol. The van der Waals surface area contributed by atoms with Crippen molar-refractivity contribution in [2.45, 2.75) is 152 Å². The van der Waals surface area contributed by atoms with Crippen molar-refractivity contribution in [3.63, 3.8) is 0 Å². The van der Waals surface area contributed by atoms with E-state index in [0.717, 1.165) is 44.2 Å². The van der Waals surface area contributed by atoms with Crippen molar-refractivity contribution in [3.8, 4) is 11.1 Å². The minimum Gasteiger partial charge on any atom is -1.00 e. The number of esters is 2. The quantitative estimate of drug-likeness (QED) is 0.0625. The molecule has 0 spiro atoms. The number of halogens is 1. The van der Waals surface area contributed by atoms with Gasteiger partial charge in [-0.3, -0.25) is 19.4 Å². The normalized spacial score (nSPS) is 15.9.